The zero-order valence-electron chi connectivity index (χ0n) is 16.5. The van der Waals surface area contributed by atoms with Gasteiger partial charge in [0.15, 0.2) is 0 Å². The molecule has 5 rings (SSSR count). The van der Waals surface area contributed by atoms with Gasteiger partial charge in [-0.15, -0.1) is 0 Å². The molecule has 1 saturated heterocycles. The van der Waals surface area contributed by atoms with Gasteiger partial charge in [0.25, 0.3) is 0 Å². The van der Waals surface area contributed by atoms with Crippen LogP contribution < -0.4 is 14.4 Å². The van der Waals surface area contributed by atoms with E-state index in [1.807, 2.05) is 0 Å². The molecule has 0 unspecified atom stereocenters. The van der Waals surface area contributed by atoms with Crippen molar-refractivity contribution in [3.8, 4) is 11.5 Å². The van der Waals surface area contributed by atoms with Crippen molar-refractivity contribution in [1.82, 2.24) is 0 Å². The minimum atomic E-state index is -0.545. The average Bonchev–Trinajstić information content (AvgIpc) is 3.39. The third-order valence-corrected chi connectivity index (χ3v) is 9.83. The number of halogens is 2. The van der Waals surface area contributed by atoms with Crippen molar-refractivity contribution in [3.63, 3.8) is 0 Å². The van der Waals surface area contributed by atoms with Gasteiger partial charge in [-0.3, -0.25) is 14.5 Å². The number of para-hydroxylation sites is 1. The highest BCUT2D eigenvalue weighted by Crippen LogP contribution is 2.60. The predicted octanol–water partition coefficient (Wildman–Crippen LogP) is 4.20. The molecule has 31 heavy (non-hydrogen) atoms. The van der Waals surface area contributed by atoms with Crippen LogP contribution >= 0.6 is 31.9 Å². The quantitative estimate of drug-likeness (QED) is 0.248. The highest BCUT2D eigenvalue weighted by atomic mass is 79.9. The van der Waals surface area contributed by atoms with Crippen molar-refractivity contribution in [2.45, 2.75) is 16.1 Å². The van der Waals surface area contributed by atoms with Gasteiger partial charge in [0, 0.05) is 9.65 Å². The predicted molar refractivity (Wildman–Crippen MR) is 121 cm³/mol. The standard InChI is InChI=1S/C23H19Br2NO5/c1-30-16-5-3-2-4-13(16)23(29)31-12-8-6-11(7-9-12)26-21(27)17-14-10-15(18(17)22(26)28)20(25)19(14)24/h2-9,14-15,17-20H,10H2,1H3/t14-,15-,17-,18-,19-,20+/m0/s1. The number of carbonyl (C=O) groups excluding carboxylic acids is 3. The van der Waals surface area contributed by atoms with Gasteiger partial charge in [-0.1, -0.05) is 44.0 Å². The summed E-state index contributed by atoms with van der Waals surface area (Å²) in [5, 5.41) is 0. The molecule has 2 bridgehead atoms. The van der Waals surface area contributed by atoms with Gasteiger partial charge in [0.05, 0.1) is 24.6 Å². The molecule has 2 amide bonds. The summed E-state index contributed by atoms with van der Waals surface area (Å²) in [6.45, 7) is 0. The van der Waals surface area contributed by atoms with Crippen molar-refractivity contribution in [2.24, 2.45) is 23.7 Å². The molecule has 3 fully saturated rings. The smallest absolute Gasteiger partial charge is 0.347 e. The molecule has 2 aromatic rings. The normalized spacial score (nSPS) is 31.1. The summed E-state index contributed by atoms with van der Waals surface area (Å²) in [6, 6.07) is 13.3. The maximum Gasteiger partial charge on any atom is 0.347 e. The van der Waals surface area contributed by atoms with E-state index in [1.54, 1.807) is 48.5 Å². The van der Waals surface area contributed by atoms with Gasteiger partial charge in [-0.2, -0.15) is 0 Å². The van der Waals surface area contributed by atoms with E-state index in [-0.39, 0.29) is 45.1 Å². The van der Waals surface area contributed by atoms with Crippen LogP contribution in [0.15, 0.2) is 48.5 Å². The molecule has 2 aliphatic carbocycles. The van der Waals surface area contributed by atoms with Crippen LogP contribution in [0.25, 0.3) is 0 Å². The molecule has 0 spiro atoms. The van der Waals surface area contributed by atoms with Gasteiger partial charge < -0.3 is 9.47 Å². The van der Waals surface area contributed by atoms with Crippen molar-refractivity contribution >= 4 is 55.3 Å². The van der Waals surface area contributed by atoms with Gasteiger partial charge in [-0.05, 0) is 54.7 Å². The molecule has 0 N–H and O–H groups in total. The number of ether oxygens (including phenoxy) is 2. The lowest BCUT2D eigenvalue weighted by atomic mass is 9.81. The van der Waals surface area contributed by atoms with E-state index in [4.69, 9.17) is 9.47 Å². The Morgan fingerprint density at radius 2 is 1.52 bits per heavy atom. The van der Waals surface area contributed by atoms with E-state index < -0.39 is 5.97 Å². The molecule has 0 aromatic heterocycles. The van der Waals surface area contributed by atoms with Crippen LogP contribution in [-0.2, 0) is 9.59 Å². The van der Waals surface area contributed by atoms with Crippen LogP contribution in [0.5, 0.6) is 11.5 Å². The summed E-state index contributed by atoms with van der Waals surface area (Å²) in [6.07, 6.45) is 0.893. The maximum absolute atomic E-state index is 13.1. The van der Waals surface area contributed by atoms with Crippen molar-refractivity contribution in [1.29, 1.82) is 0 Å². The first-order chi connectivity index (χ1) is 14.9. The molecule has 2 saturated carbocycles. The fraction of sp³-hybridized carbons (Fsp3) is 0.348. The van der Waals surface area contributed by atoms with E-state index in [0.717, 1.165) is 6.42 Å². The van der Waals surface area contributed by atoms with Crippen LogP contribution in [-0.4, -0.2) is 34.5 Å². The number of fused-ring (bicyclic) bond motifs is 5. The number of methoxy groups -OCH3 is 1. The molecule has 2 aromatic carbocycles. The molecule has 1 aliphatic heterocycles. The maximum atomic E-state index is 13.1. The second-order valence-corrected chi connectivity index (χ2v) is 10.2. The number of carbonyl (C=O) groups is 3. The Morgan fingerprint density at radius 1 is 0.935 bits per heavy atom. The number of alkyl halides is 2. The Bertz CT molecular complexity index is 1040. The lowest BCUT2D eigenvalue weighted by Crippen LogP contribution is -2.37. The van der Waals surface area contributed by atoms with Crippen molar-refractivity contribution < 1.29 is 23.9 Å². The van der Waals surface area contributed by atoms with E-state index in [9.17, 15) is 14.4 Å². The Labute approximate surface area is 196 Å². The first-order valence-corrected chi connectivity index (χ1v) is 11.9. The van der Waals surface area contributed by atoms with Crippen molar-refractivity contribution in [3.05, 3.63) is 54.1 Å². The summed E-state index contributed by atoms with van der Waals surface area (Å²) in [7, 11) is 1.49. The monoisotopic (exact) mass is 547 g/mol. The molecule has 6 nitrogen and oxygen atoms in total. The summed E-state index contributed by atoms with van der Waals surface area (Å²) in [5.41, 5.74) is 0.814. The highest BCUT2D eigenvalue weighted by Gasteiger charge is 2.66. The van der Waals surface area contributed by atoms with E-state index in [1.165, 1.54) is 12.0 Å². The van der Waals surface area contributed by atoms with Crippen LogP contribution in [0.4, 0.5) is 5.69 Å². The molecular formula is C23H19Br2NO5. The van der Waals surface area contributed by atoms with Crippen LogP contribution in [0, 0.1) is 23.7 Å². The molecule has 1 heterocycles. The number of esters is 1. The van der Waals surface area contributed by atoms with Gasteiger partial charge in [0.1, 0.15) is 17.1 Å². The number of hydrogen-bond donors (Lipinski definition) is 0. The summed E-state index contributed by atoms with van der Waals surface area (Å²) >= 11 is 7.39. The fourth-order valence-electron chi connectivity index (χ4n) is 5.24. The van der Waals surface area contributed by atoms with Crippen molar-refractivity contribution in [2.75, 3.05) is 12.0 Å². The SMILES string of the molecule is COc1ccccc1C(=O)Oc1ccc(N2C(=O)[C@H]3[C@@H]4C[C@H]([C@@H](Br)[C@H]4Br)[C@@H]3C2=O)cc1. The lowest BCUT2D eigenvalue weighted by molar-refractivity contribution is -0.123. The lowest BCUT2D eigenvalue weighted by Gasteiger charge is -2.28. The van der Waals surface area contributed by atoms with Crippen LogP contribution in [0.2, 0.25) is 0 Å². The number of imide groups is 1. The molecular weight excluding hydrogens is 530 g/mol. The summed E-state index contributed by atoms with van der Waals surface area (Å²) < 4.78 is 10.6. The number of anilines is 1. The minimum Gasteiger partial charge on any atom is -0.496 e. The number of nitrogens with zero attached hydrogens (tertiary/aromatic N) is 1. The Morgan fingerprint density at radius 3 is 2.10 bits per heavy atom. The zero-order valence-corrected chi connectivity index (χ0v) is 19.7. The number of rotatable bonds is 4. The molecule has 6 atom stereocenters. The zero-order chi connectivity index (χ0) is 21.9. The molecule has 160 valence electrons. The van der Waals surface area contributed by atoms with E-state index >= 15 is 0 Å². The topological polar surface area (TPSA) is 72.9 Å². The molecule has 8 heteroatoms. The highest BCUT2D eigenvalue weighted by molar-refractivity contribution is 9.12. The number of benzene rings is 2. The second kappa shape index (κ2) is 7.74. The minimum absolute atomic E-state index is 0.134. The van der Waals surface area contributed by atoms with E-state index in [2.05, 4.69) is 31.9 Å². The first-order valence-electron chi connectivity index (χ1n) is 10.0. The van der Waals surface area contributed by atoms with Gasteiger partial charge in [0.2, 0.25) is 11.8 Å². The molecule has 3 aliphatic rings. The molecule has 0 radical (unpaired) electrons. The van der Waals surface area contributed by atoms with Crippen LogP contribution in [0.3, 0.4) is 0 Å². The fourth-order valence-corrected chi connectivity index (χ4v) is 7.12. The Hall–Kier alpha value is -2.19. The van der Waals surface area contributed by atoms with E-state index in [0.29, 0.717) is 22.7 Å². The van der Waals surface area contributed by atoms with Crippen LogP contribution in [0.1, 0.15) is 16.8 Å². The van der Waals surface area contributed by atoms with Gasteiger partial charge >= 0.3 is 5.97 Å². The Balaban J connectivity index is 1.35. The first kappa shape index (κ1) is 20.7. The Kier molecular flexibility index (Phi) is 5.17. The largest absolute Gasteiger partial charge is 0.496 e. The summed E-state index contributed by atoms with van der Waals surface area (Å²) in [5.74, 6) is -0.262. The summed E-state index contributed by atoms with van der Waals surface area (Å²) in [4.78, 5) is 40.4. The number of hydrogen-bond acceptors (Lipinski definition) is 5. The number of amides is 2. The third kappa shape index (κ3) is 3.14. The second-order valence-electron chi connectivity index (χ2n) is 8.10. The average molecular weight is 549 g/mol. The van der Waals surface area contributed by atoms with Gasteiger partial charge in [-0.25, -0.2) is 4.79 Å². The third-order valence-electron chi connectivity index (χ3n) is 6.62.